The lowest BCUT2D eigenvalue weighted by atomic mass is 10.2. The lowest BCUT2D eigenvalue weighted by molar-refractivity contribution is 0.227. The molecule has 0 spiro atoms. The minimum absolute atomic E-state index is 0.160. The molecule has 5 heteroatoms. The molecule has 0 aromatic heterocycles. The van der Waals surface area contributed by atoms with Gasteiger partial charge in [0, 0.05) is 19.1 Å². The van der Waals surface area contributed by atoms with Crippen molar-refractivity contribution in [2.24, 2.45) is 5.73 Å². The van der Waals surface area contributed by atoms with Crippen LogP contribution in [0.1, 0.15) is 32.8 Å². The van der Waals surface area contributed by atoms with Gasteiger partial charge in [0.2, 0.25) is 0 Å². The Bertz CT molecular complexity index is 497. The van der Waals surface area contributed by atoms with Crippen LogP contribution in [0.3, 0.4) is 0 Å². The van der Waals surface area contributed by atoms with E-state index in [-0.39, 0.29) is 5.75 Å². The highest BCUT2D eigenvalue weighted by atomic mass is 32.2. The summed E-state index contributed by atoms with van der Waals surface area (Å²) in [6.45, 7) is 8.19. The van der Waals surface area contributed by atoms with Gasteiger partial charge in [0.15, 0.2) is 9.84 Å². The number of sulfone groups is 1. The highest BCUT2D eigenvalue weighted by molar-refractivity contribution is 7.91. The third kappa shape index (κ3) is 4.58. The van der Waals surface area contributed by atoms with E-state index >= 15 is 0 Å². The number of nitrogens with two attached hydrogens (primary N) is 1. The van der Waals surface area contributed by atoms with Crippen LogP contribution in [0.4, 0.5) is 0 Å². The second-order valence-corrected chi connectivity index (χ2v) is 7.16. The van der Waals surface area contributed by atoms with Gasteiger partial charge in [-0.05, 0) is 37.6 Å². The Balaban J connectivity index is 2.73. The topological polar surface area (TPSA) is 63.4 Å². The average molecular weight is 298 g/mol. The van der Waals surface area contributed by atoms with Crippen LogP contribution < -0.4 is 5.73 Å². The predicted molar refractivity (Wildman–Crippen MR) is 83.4 cm³/mol. The third-order valence-electron chi connectivity index (χ3n) is 3.79. The van der Waals surface area contributed by atoms with Crippen molar-refractivity contribution in [3.8, 4) is 0 Å². The number of nitrogens with zero attached hydrogens (tertiary/aromatic N) is 1. The minimum atomic E-state index is -3.21. The summed E-state index contributed by atoms with van der Waals surface area (Å²) in [6.07, 6.45) is 1.03. The van der Waals surface area contributed by atoms with E-state index in [2.05, 4.69) is 25.7 Å². The molecule has 0 heterocycles. The van der Waals surface area contributed by atoms with E-state index in [1.807, 2.05) is 0 Å². The predicted octanol–water partition coefficient (Wildman–Crippen LogP) is 2.04. The van der Waals surface area contributed by atoms with Crippen LogP contribution in [0.2, 0.25) is 0 Å². The van der Waals surface area contributed by atoms with Gasteiger partial charge in [-0.3, -0.25) is 4.90 Å². The molecule has 1 atom stereocenters. The molecular formula is C15H26N2O2S. The molecular weight excluding hydrogens is 272 g/mol. The molecule has 0 aliphatic heterocycles. The van der Waals surface area contributed by atoms with Gasteiger partial charge >= 0.3 is 0 Å². The zero-order chi connectivity index (χ0) is 15.2. The van der Waals surface area contributed by atoms with E-state index in [0.717, 1.165) is 18.5 Å². The van der Waals surface area contributed by atoms with Crippen LogP contribution >= 0.6 is 0 Å². The Morgan fingerprint density at radius 1 is 1.20 bits per heavy atom. The highest BCUT2D eigenvalue weighted by Gasteiger charge is 2.18. The van der Waals surface area contributed by atoms with Gasteiger partial charge in [-0.15, -0.1) is 0 Å². The quantitative estimate of drug-likeness (QED) is 0.798. The molecule has 2 N–H and O–H groups in total. The van der Waals surface area contributed by atoms with E-state index in [1.165, 1.54) is 0 Å². The lowest BCUT2D eigenvalue weighted by Crippen LogP contribution is -2.36. The maximum Gasteiger partial charge on any atom is 0.179 e. The maximum atomic E-state index is 12.3. The van der Waals surface area contributed by atoms with Gasteiger partial charge in [0.25, 0.3) is 0 Å². The normalized spacial score (nSPS) is 13.7. The fraction of sp³-hybridized carbons (Fsp3) is 0.600. The van der Waals surface area contributed by atoms with Crippen molar-refractivity contribution in [2.75, 3.05) is 18.8 Å². The number of benzene rings is 1. The van der Waals surface area contributed by atoms with Crippen molar-refractivity contribution in [3.63, 3.8) is 0 Å². The molecule has 1 rings (SSSR count). The number of hydrogen-bond acceptors (Lipinski definition) is 4. The largest absolute Gasteiger partial charge is 0.326 e. The third-order valence-corrected chi connectivity index (χ3v) is 5.50. The number of hydrogen-bond donors (Lipinski definition) is 1. The first-order valence-corrected chi connectivity index (χ1v) is 8.85. The summed E-state index contributed by atoms with van der Waals surface area (Å²) in [7, 11) is -3.21. The summed E-state index contributed by atoms with van der Waals surface area (Å²) in [6, 6.07) is 7.27. The van der Waals surface area contributed by atoms with Gasteiger partial charge in [-0.2, -0.15) is 0 Å². The summed E-state index contributed by atoms with van der Waals surface area (Å²) in [5.74, 6) is 0.160. The molecule has 1 aromatic rings. The molecule has 0 radical (unpaired) electrons. The van der Waals surface area contributed by atoms with E-state index in [1.54, 1.807) is 24.3 Å². The maximum absolute atomic E-state index is 12.3. The zero-order valence-corrected chi connectivity index (χ0v) is 13.5. The molecule has 0 aliphatic rings. The number of rotatable bonds is 8. The summed E-state index contributed by atoms with van der Waals surface area (Å²) in [5.41, 5.74) is 6.46. The van der Waals surface area contributed by atoms with Crippen LogP contribution in [0.25, 0.3) is 0 Å². The molecule has 1 aromatic carbocycles. The molecule has 1 unspecified atom stereocenters. The van der Waals surface area contributed by atoms with E-state index in [0.29, 0.717) is 24.0 Å². The SMILES string of the molecule is CCC(C)N(CC)CCS(=O)(=O)c1ccc(CN)cc1. The molecule has 0 fully saturated rings. The highest BCUT2D eigenvalue weighted by Crippen LogP contribution is 2.13. The van der Waals surface area contributed by atoms with Gasteiger partial charge in [-0.25, -0.2) is 8.42 Å². The second-order valence-electron chi connectivity index (χ2n) is 5.05. The average Bonchev–Trinajstić information content (AvgIpc) is 2.47. The molecule has 0 amide bonds. The van der Waals surface area contributed by atoms with E-state index in [9.17, 15) is 8.42 Å². The molecule has 0 saturated carbocycles. The molecule has 114 valence electrons. The smallest absolute Gasteiger partial charge is 0.179 e. The van der Waals surface area contributed by atoms with Crippen LogP contribution in [-0.4, -0.2) is 38.2 Å². The first-order chi connectivity index (χ1) is 9.44. The van der Waals surface area contributed by atoms with Crippen LogP contribution in [0.15, 0.2) is 29.2 Å². The van der Waals surface area contributed by atoms with Crippen molar-refractivity contribution in [2.45, 2.75) is 44.7 Å². The fourth-order valence-electron chi connectivity index (χ4n) is 2.14. The summed E-state index contributed by atoms with van der Waals surface area (Å²) in [4.78, 5) is 2.58. The Labute approximate surface area is 122 Å². The van der Waals surface area contributed by atoms with Crippen LogP contribution in [0, 0.1) is 0 Å². The van der Waals surface area contributed by atoms with Crippen molar-refractivity contribution >= 4 is 9.84 Å². The molecule has 0 saturated heterocycles. The fourth-order valence-corrected chi connectivity index (χ4v) is 3.40. The van der Waals surface area contributed by atoms with Gasteiger partial charge in [0.05, 0.1) is 10.6 Å². The van der Waals surface area contributed by atoms with E-state index in [4.69, 9.17) is 5.73 Å². The monoisotopic (exact) mass is 298 g/mol. The van der Waals surface area contributed by atoms with Crippen LogP contribution in [-0.2, 0) is 16.4 Å². The Morgan fingerprint density at radius 3 is 2.25 bits per heavy atom. The molecule has 20 heavy (non-hydrogen) atoms. The molecule has 0 aliphatic carbocycles. The van der Waals surface area contributed by atoms with E-state index < -0.39 is 9.84 Å². The summed E-state index contributed by atoms with van der Waals surface area (Å²) >= 11 is 0. The lowest BCUT2D eigenvalue weighted by Gasteiger charge is -2.26. The van der Waals surface area contributed by atoms with Gasteiger partial charge in [0.1, 0.15) is 0 Å². The molecule has 4 nitrogen and oxygen atoms in total. The van der Waals surface area contributed by atoms with Crippen molar-refractivity contribution < 1.29 is 8.42 Å². The van der Waals surface area contributed by atoms with Crippen molar-refractivity contribution in [1.29, 1.82) is 0 Å². The minimum Gasteiger partial charge on any atom is -0.326 e. The molecule has 0 bridgehead atoms. The van der Waals surface area contributed by atoms with Gasteiger partial charge < -0.3 is 5.73 Å². The first-order valence-electron chi connectivity index (χ1n) is 7.20. The zero-order valence-electron chi connectivity index (χ0n) is 12.7. The Morgan fingerprint density at radius 2 is 1.80 bits per heavy atom. The summed E-state index contributed by atoms with van der Waals surface area (Å²) < 4.78 is 24.6. The van der Waals surface area contributed by atoms with Gasteiger partial charge in [-0.1, -0.05) is 26.0 Å². The van der Waals surface area contributed by atoms with Crippen molar-refractivity contribution in [1.82, 2.24) is 4.90 Å². The standard InChI is InChI=1S/C15H26N2O2S/c1-4-13(3)17(5-2)10-11-20(18,19)15-8-6-14(12-16)7-9-15/h6-9,13H,4-5,10-12,16H2,1-3H3. The first kappa shape index (κ1) is 17.1. The second kappa shape index (κ2) is 7.76. The Hall–Kier alpha value is -0.910. The Kier molecular flexibility index (Phi) is 6.65. The van der Waals surface area contributed by atoms with Crippen LogP contribution in [0.5, 0.6) is 0 Å². The van der Waals surface area contributed by atoms with Crippen molar-refractivity contribution in [3.05, 3.63) is 29.8 Å². The summed E-state index contributed by atoms with van der Waals surface area (Å²) in [5, 5.41) is 0.